The van der Waals surface area contributed by atoms with Gasteiger partial charge >= 0.3 is 0 Å². The molecule has 1 aliphatic carbocycles. The zero-order valence-corrected chi connectivity index (χ0v) is 16.1. The summed E-state index contributed by atoms with van der Waals surface area (Å²) >= 11 is 1.43. The second kappa shape index (κ2) is 7.78. The van der Waals surface area contributed by atoms with E-state index in [2.05, 4.69) is 20.9 Å². The van der Waals surface area contributed by atoms with Gasteiger partial charge in [-0.25, -0.2) is 4.98 Å². The largest absolute Gasteiger partial charge is 0.326 e. The molecule has 1 aromatic heterocycles. The van der Waals surface area contributed by atoms with E-state index in [4.69, 9.17) is 0 Å². The first-order valence-corrected chi connectivity index (χ1v) is 10.4. The first-order chi connectivity index (χ1) is 13.1. The number of benzene rings is 1. The van der Waals surface area contributed by atoms with Crippen LogP contribution in [-0.2, 0) is 9.59 Å². The number of thiazole rings is 1. The van der Waals surface area contributed by atoms with Crippen LogP contribution < -0.4 is 16.0 Å². The van der Waals surface area contributed by atoms with E-state index in [0.717, 1.165) is 23.4 Å². The van der Waals surface area contributed by atoms with Crippen molar-refractivity contribution in [2.45, 2.75) is 51.1 Å². The standard InChI is InChI=1S/C20H24N4O2S/c1-12(25)21-15-8-6-13(7-9-15)18-11-27-20(23-18)24-19(26)17-10-14-4-2-3-5-16(14)22-17/h6-9,11,14,16-17,22H,2-5,10H2,1H3,(H,21,25)(H,23,24,26). The summed E-state index contributed by atoms with van der Waals surface area (Å²) in [5.74, 6) is 0.566. The molecule has 4 rings (SSSR count). The Labute approximate surface area is 162 Å². The third kappa shape index (κ3) is 4.20. The Morgan fingerprint density at radius 1 is 1.15 bits per heavy atom. The summed E-state index contributed by atoms with van der Waals surface area (Å²) in [5.41, 5.74) is 2.52. The summed E-state index contributed by atoms with van der Waals surface area (Å²) in [4.78, 5) is 28.2. The lowest BCUT2D eigenvalue weighted by molar-refractivity contribution is -0.118. The number of nitrogens with one attached hydrogen (secondary N) is 3. The van der Waals surface area contributed by atoms with Gasteiger partial charge in [-0.05, 0) is 37.3 Å². The Balaban J connectivity index is 1.38. The van der Waals surface area contributed by atoms with Crippen molar-refractivity contribution in [3.05, 3.63) is 29.6 Å². The zero-order valence-electron chi connectivity index (χ0n) is 15.3. The molecule has 1 aliphatic heterocycles. The minimum Gasteiger partial charge on any atom is -0.326 e. The SMILES string of the molecule is CC(=O)Nc1ccc(-c2csc(NC(=O)C3CC4CCCCC4N3)n2)cc1. The number of amides is 2. The highest BCUT2D eigenvalue weighted by Gasteiger charge is 2.38. The molecule has 0 bridgehead atoms. The maximum absolute atomic E-state index is 12.6. The van der Waals surface area contributed by atoms with Crippen molar-refractivity contribution in [2.24, 2.45) is 5.92 Å². The summed E-state index contributed by atoms with van der Waals surface area (Å²) in [5, 5.41) is 11.8. The fraction of sp³-hybridized carbons (Fsp3) is 0.450. The van der Waals surface area contributed by atoms with Crippen molar-refractivity contribution in [1.29, 1.82) is 0 Å². The molecule has 3 N–H and O–H groups in total. The first-order valence-electron chi connectivity index (χ1n) is 9.49. The quantitative estimate of drug-likeness (QED) is 0.752. The topological polar surface area (TPSA) is 83.1 Å². The van der Waals surface area contributed by atoms with E-state index in [0.29, 0.717) is 17.1 Å². The van der Waals surface area contributed by atoms with Gasteiger partial charge in [0.25, 0.3) is 0 Å². The fourth-order valence-corrected chi connectivity index (χ4v) is 4.83. The summed E-state index contributed by atoms with van der Waals surface area (Å²) in [6.45, 7) is 1.48. The van der Waals surface area contributed by atoms with Gasteiger partial charge < -0.3 is 16.0 Å². The number of nitrogens with zero attached hydrogens (tertiary/aromatic N) is 1. The maximum Gasteiger partial charge on any atom is 0.243 e. The Bertz CT molecular complexity index is 819. The lowest BCUT2D eigenvalue weighted by Crippen LogP contribution is -2.39. The number of rotatable bonds is 4. The normalized spacial score (nSPS) is 24.3. The van der Waals surface area contributed by atoms with Crippen molar-refractivity contribution < 1.29 is 9.59 Å². The van der Waals surface area contributed by atoms with Crippen LogP contribution in [0.3, 0.4) is 0 Å². The molecule has 142 valence electrons. The number of carbonyl (C=O) groups excluding carboxylic acids is 2. The molecule has 6 nitrogen and oxygen atoms in total. The molecule has 2 heterocycles. The second-order valence-corrected chi connectivity index (χ2v) is 8.25. The maximum atomic E-state index is 12.6. The van der Waals surface area contributed by atoms with Crippen molar-refractivity contribution in [1.82, 2.24) is 10.3 Å². The van der Waals surface area contributed by atoms with E-state index >= 15 is 0 Å². The van der Waals surface area contributed by atoms with Gasteiger partial charge in [-0.3, -0.25) is 9.59 Å². The Morgan fingerprint density at radius 3 is 2.67 bits per heavy atom. The predicted molar refractivity (Wildman–Crippen MR) is 108 cm³/mol. The van der Waals surface area contributed by atoms with E-state index < -0.39 is 0 Å². The molecule has 2 amide bonds. The summed E-state index contributed by atoms with van der Waals surface area (Å²) in [6, 6.07) is 7.91. The second-order valence-electron chi connectivity index (χ2n) is 7.39. The Kier molecular flexibility index (Phi) is 5.22. The molecule has 1 aromatic carbocycles. The van der Waals surface area contributed by atoms with Gasteiger partial charge in [-0.1, -0.05) is 25.0 Å². The van der Waals surface area contributed by atoms with Gasteiger partial charge in [0.2, 0.25) is 11.8 Å². The average Bonchev–Trinajstić information content (AvgIpc) is 3.28. The third-order valence-electron chi connectivity index (χ3n) is 5.41. The van der Waals surface area contributed by atoms with Crippen LogP contribution in [0.1, 0.15) is 39.0 Å². The molecule has 2 aliphatic rings. The molecule has 27 heavy (non-hydrogen) atoms. The summed E-state index contributed by atoms with van der Waals surface area (Å²) in [7, 11) is 0. The smallest absolute Gasteiger partial charge is 0.243 e. The fourth-order valence-electron chi connectivity index (χ4n) is 4.10. The molecule has 7 heteroatoms. The van der Waals surface area contributed by atoms with E-state index in [1.807, 2.05) is 29.6 Å². The highest BCUT2D eigenvalue weighted by atomic mass is 32.1. The average molecular weight is 385 g/mol. The van der Waals surface area contributed by atoms with E-state index in [-0.39, 0.29) is 17.9 Å². The number of anilines is 2. The monoisotopic (exact) mass is 384 g/mol. The molecule has 3 atom stereocenters. The van der Waals surface area contributed by atoms with Crippen LogP contribution >= 0.6 is 11.3 Å². The minimum atomic E-state index is -0.109. The van der Waals surface area contributed by atoms with E-state index in [1.165, 1.54) is 43.9 Å². The molecule has 2 aromatic rings. The number of hydrogen-bond donors (Lipinski definition) is 3. The Hall–Kier alpha value is -2.25. The van der Waals surface area contributed by atoms with Crippen LogP contribution in [0.2, 0.25) is 0 Å². The van der Waals surface area contributed by atoms with Crippen molar-refractivity contribution in [3.63, 3.8) is 0 Å². The minimum absolute atomic E-state index is 0.0197. The van der Waals surface area contributed by atoms with Crippen molar-refractivity contribution in [2.75, 3.05) is 10.6 Å². The molecular weight excluding hydrogens is 360 g/mol. The van der Waals surface area contributed by atoms with Crippen LogP contribution in [0.5, 0.6) is 0 Å². The van der Waals surface area contributed by atoms with E-state index in [9.17, 15) is 9.59 Å². The van der Waals surface area contributed by atoms with Crippen molar-refractivity contribution >= 4 is 34.0 Å². The number of fused-ring (bicyclic) bond motifs is 1. The highest BCUT2D eigenvalue weighted by Crippen LogP contribution is 2.34. The van der Waals surface area contributed by atoms with Gasteiger partial charge in [0.1, 0.15) is 0 Å². The van der Waals surface area contributed by atoms with Crippen LogP contribution in [-0.4, -0.2) is 28.9 Å². The lowest BCUT2D eigenvalue weighted by Gasteiger charge is -2.24. The van der Waals surface area contributed by atoms with Crippen LogP contribution in [0.15, 0.2) is 29.6 Å². The summed E-state index contributed by atoms with van der Waals surface area (Å²) < 4.78 is 0. The molecule has 1 saturated heterocycles. The van der Waals surface area contributed by atoms with Crippen molar-refractivity contribution in [3.8, 4) is 11.3 Å². The predicted octanol–water partition coefficient (Wildman–Crippen LogP) is 3.63. The number of aromatic nitrogens is 1. The van der Waals surface area contributed by atoms with Gasteiger partial charge in [0.05, 0.1) is 11.7 Å². The molecular formula is C20H24N4O2S. The zero-order chi connectivity index (χ0) is 18.8. The van der Waals surface area contributed by atoms with Crippen LogP contribution in [0, 0.1) is 5.92 Å². The lowest BCUT2D eigenvalue weighted by atomic mass is 9.85. The van der Waals surface area contributed by atoms with Gasteiger partial charge in [0, 0.05) is 29.6 Å². The number of carbonyl (C=O) groups is 2. The molecule has 0 spiro atoms. The Morgan fingerprint density at radius 2 is 1.93 bits per heavy atom. The summed E-state index contributed by atoms with van der Waals surface area (Å²) in [6.07, 6.45) is 5.90. The molecule has 0 radical (unpaired) electrons. The van der Waals surface area contributed by atoms with E-state index in [1.54, 1.807) is 0 Å². The molecule has 3 unspecified atom stereocenters. The molecule has 1 saturated carbocycles. The van der Waals surface area contributed by atoms with Gasteiger partial charge in [0.15, 0.2) is 5.13 Å². The van der Waals surface area contributed by atoms with Gasteiger partial charge in [-0.15, -0.1) is 11.3 Å². The molecule has 2 fully saturated rings. The highest BCUT2D eigenvalue weighted by molar-refractivity contribution is 7.14. The van der Waals surface area contributed by atoms with Crippen LogP contribution in [0.4, 0.5) is 10.8 Å². The third-order valence-corrected chi connectivity index (χ3v) is 6.17. The van der Waals surface area contributed by atoms with Crippen LogP contribution in [0.25, 0.3) is 11.3 Å². The van der Waals surface area contributed by atoms with Gasteiger partial charge in [-0.2, -0.15) is 0 Å². The first kappa shape index (κ1) is 18.1. The number of hydrogen-bond acceptors (Lipinski definition) is 5.